The molecule has 0 bridgehead atoms. The second-order valence-electron chi connectivity index (χ2n) is 8.73. The molecular weight excluding hydrogens is 392 g/mol. The number of nitrogens with zero attached hydrogens (tertiary/aromatic N) is 1. The summed E-state index contributed by atoms with van der Waals surface area (Å²) in [6, 6.07) is 16.5. The Labute approximate surface area is 180 Å². The van der Waals surface area contributed by atoms with Crippen LogP contribution in [-0.4, -0.2) is 43.2 Å². The van der Waals surface area contributed by atoms with Crippen molar-refractivity contribution >= 4 is 16.9 Å². The van der Waals surface area contributed by atoms with E-state index in [0.29, 0.717) is 41.9 Å². The van der Waals surface area contributed by atoms with E-state index in [1.807, 2.05) is 47.4 Å². The summed E-state index contributed by atoms with van der Waals surface area (Å²) in [7, 11) is 0. The molecule has 6 nitrogen and oxygen atoms in total. The lowest BCUT2D eigenvalue weighted by molar-refractivity contribution is 0.0502. The highest BCUT2D eigenvalue weighted by Gasteiger charge is 2.42. The normalized spacial score (nSPS) is 20.4. The third-order valence-electron chi connectivity index (χ3n) is 6.72. The van der Waals surface area contributed by atoms with Crippen LogP contribution in [0.3, 0.4) is 0 Å². The molecule has 1 amide bonds. The first kappa shape index (κ1) is 20.0. The van der Waals surface area contributed by atoms with E-state index in [1.165, 1.54) is 0 Å². The second-order valence-corrected chi connectivity index (χ2v) is 8.73. The van der Waals surface area contributed by atoms with Crippen LogP contribution < -0.4 is 11.4 Å². The Morgan fingerprint density at radius 1 is 1.10 bits per heavy atom. The summed E-state index contributed by atoms with van der Waals surface area (Å²) in [6.07, 6.45) is 3.00. The fourth-order valence-electron chi connectivity index (χ4n) is 4.84. The molecule has 2 aromatic carbocycles. The maximum Gasteiger partial charge on any atom is 0.344 e. The van der Waals surface area contributed by atoms with Crippen molar-refractivity contribution in [3.05, 3.63) is 70.6 Å². The van der Waals surface area contributed by atoms with Crippen molar-refractivity contribution in [3.63, 3.8) is 0 Å². The van der Waals surface area contributed by atoms with E-state index < -0.39 is 5.63 Å². The summed E-state index contributed by atoms with van der Waals surface area (Å²) < 4.78 is 11.3. The van der Waals surface area contributed by atoms with Crippen LogP contribution in [0.5, 0.6) is 0 Å². The van der Waals surface area contributed by atoms with Gasteiger partial charge in [-0.15, -0.1) is 0 Å². The fraction of sp³-hybridized carbons (Fsp3) is 0.360. The molecule has 1 spiro atoms. The Bertz CT molecular complexity index is 1180. The van der Waals surface area contributed by atoms with Gasteiger partial charge in [0, 0.05) is 30.6 Å². The number of fused-ring (bicyclic) bond motifs is 1. The van der Waals surface area contributed by atoms with Crippen molar-refractivity contribution in [1.82, 2.24) is 4.90 Å². The Balaban J connectivity index is 1.36. The summed E-state index contributed by atoms with van der Waals surface area (Å²) in [5.41, 5.74) is 7.81. The van der Waals surface area contributed by atoms with E-state index in [4.69, 9.17) is 14.9 Å². The smallest absolute Gasteiger partial charge is 0.344 e. The van der Waals surface area contributed by atoms with Gasteiger partial charge in [0.15, 0.2) is 0 Å². The minimum Gasteiger partial charge on any atom is -0.422 e. The molecule has 5 rings (SSSR count). The quantitative estimate of drug-likeness (QED) is 0.659. The van der Waals surface area contributed by atoms with Crippen LogP contribution in [0.1, 0.15) is 29.6 Å². The second kappa shape index (κ2) is 7.94. The highest BCUT2D eigenvalue weighted by molar-refractivity contribution is 5.95. The average Bonchev–Trinajstić information content (AvgIpc) is 3.21. The lowest BCUT2D eigenvalue weighted by Crippen LogP contribution is -2.43. The molecule has 0 saturated carbocycles. The van der Waals surface area contributed by atoms with Crippen molar-refractivity contribution < 1.29 is 13.9 Å². The van der Waals surface area contributed by atoms with Gasteiger partial charge in [0.1, 0.15) is 5.58 Å². The topological polar surface area (TPSA) is 85.8 Å². The number of likely N-dealkylation sites (tertiary alicyclic amines) is 1. The standard InChI is InChI=1S/C25H26N2O4/c26-15-20-14-25(16-30-20)8-10-27(11-9-25)23(28)19-6-3-5-17(12-19)21-13-18-4-1-2-7-22(18)31-24(21)29/h1-7,12-13,20H,8-11,14-16,26H2. The van der Waals surface area contributed by atoms with Gasteiger partial charge in [0.05, 0.1) is 18.3 Å². The number of carbonyl (C=O) groups excluding carboxylic acids is 1. The average molecular weight is 418 g/mol. The van der Waals surface area contributed by atoms with Crippen molar-refractivity contribution in [2.45, 2.75) is 25.4 Å². The number of para-hydroxylation sites is 1. The molecule has 1 aromatic heterocycles. The van der Waals surface area contributed by atoms with Crippen LogP contribution in [0, 0.1) is 5.41 Å². The number of benzene rings is 2. The van der Waals surface area contributed by atoms with E-state index in [9.17, 15) is 9.59 Å². The van der Waals surface area contributed by atoms with E-state index in [2.05, 4.69) is 0 Å². The zero-order valence-electron chi connectivity index (χ0n) is 17.4. The maximum atomic E-state index is 13.2. The number of amides is 1. The lowest BCUT2D eigenvalue weighted by Gasteiger charge is -2.38. The maximum absolute atomic E-state index is 13.2. The van der Waals surface area contributed by atoms with Gasteiger partial charge in [-0.2, -0.15) is 0 Å². The molecule has 0 aliphatic carbocycles. The van der Waals surface area contributed by atoms with Crippen LogP contribution in [0.25, 0.3) is 22.1 Å². The molecule has 0 radical (unpaired) electrons. The first-order valence-corrected chi connectivity index (χ1v) is 10.8. The van der Waals surface area contributed by atoms with Crippen LogP contribution in [-0.2, 0) is 4.74 Å². The molecule has 2 N–H and O–H groups in total. The molecule has 1 unspecified atom stereocenters. The molecule has 2 aliphatic heterocycles. The molecule has 2 aliphatic rings. The molecule has 3 aromatic rings. The Morgan fingerprint density at radius 2 is 1.90 bits per heavy atom. The molecule has 2 fully saturated rings. The molecular formula is C25H26N2O4. The van der Waals surface area contributed by atoms with Gasteiger partial charge in [-0.3, -0.25) is 4.79 Å². The minimum atomic E-state index is -0.404. The fourth-order valence-corrected chi connectivity index (χ4v) is 4.84. The summed E-state index contributed by atoms with van der Waals surface area (Å²) in [4.78, 5) is 27.6. The number of hydrogen-bond acceptors (Lipinski definition) is 5. The van der Waals surface area contributed by atoms with Gasteiger partial charge in [0.2, 0.25) is 0 Å². The first-order valence-electron chi connectivity index (χ1n) is 10.8. The summed E-state index contributed by atoms with van der Waals surface area (Å²) >= 11 is 0. The number of hydrogen-bond donors (Lipinski definition) is 1. The Morgan fingerprint density at radius 3 is 2.68 bits per heavy atom. The van der Waals surface area contributed by atoms with Crippen LogP contribution in [0.15, 0.2) is 63.8 Å². The summed E-state index contributed by atoms with van der Waals surface area (Å²) in [5.74, 6) is -0.00355. The zero-order valence-corrected chi connectivity index (χ0v) is 17.4. The third-order valence-corrected chi connectivity index (χ3v) is 6.72. The van der Waals surface area contributed by atoms with Crippen molar-refractivity contribution in [1.29, 1.82) is 0 Å². The first-order chi connectivity index (χ1) is 15.1. The molecule has 1 atom stereocenters. The number of ether oxygens (including phenoxy) is 1. The predicted molar refractivity (Wildman–Crippen MR) is 119 cm³/mol. The third kappa shape index (κ3) is 3.77. The number of rotatable bonds is 3. The van der Waals surface area contributed by atoms with Crippen LogP contribution >= 0.6 is 0 Å². The van der Waals surface area contributed by atoms with Gasteiger partial charge in [0.25, 0.3) is 5.91 Å². The number of nitrogens with two attached hydrogens (primary N) is 1. The minimum absolute atomic E-state index is 0.00355. The summed E-state index contributed by atoms with van der Waals surface area (Å²) in [6.45, 7) is 2.72. The largest absolute Gasteiger partial charge is 0.422 e. The van der Waals surface area contributed by atoms with Crippen LogP contribution in [0.4, 0.5) is 0 Å². The number of carbonyl (C=O) groups is 1. The van der Waals surface area contributed by atoms with Gasteiger partial charge in [-0.05, 0) is 54.5 Å². The lowest BCUT2D eigenvalue weighted by atomic mass is 9.76. The van der Waals surface area contributed by atoms with Gasteiger partial charge in [-0.1, -0.05) is 30.3 Å². The van der Waals surface area contributed by atoms with E-state index in [-0.39, 0.29) is 17.4 Å². The van der Waals surface area contributed by atoms with Gasteiger partial charge in [-0.25, -0.2) is 4.79 Å². The monoisotopic (exact) mass is 418 g/mol. The Hall–Kier alpha value is -2.96. The van der Waals surface area contributed by atoms with Crippen molar-refractivity contribution in [2.24, 2.45) is 11.1 Å². The van der Waals surface area contributed by atoms with E-state index in [1.54, 1.807) is 12.1 Å². The molecule has 31 heavy (non-hydrogen) atoms. The highest BCUT2D eigenvalue weighted by Crippen LogP contribution is 2.42. The molecule has 2 saturated heterocycles. The van der Waals surface area contributed by atoms with Crippen molar-refractivity contribution in [2.75, 3.05) is 26.2 Å². The molecule has 3 heterocycles. The van der Waals surface area contributed by atoms with Gasteiger partial charge >= 0.3 is 5.63 Å². The van der Waals surface area contributed by atoms with E-state index >= 15 is 0 Å². The SMILES string of the molecule is NCC1CC2(CCN(C(=O)c3cccc(-c4cc5ccccc5oc4=O)c3)CC2)CO1. The molecule has 160 valence electrons. The highest BCUT2D eigenvalue weighted by atomic mass is 16.5. The number of piperidine rings is 1. The molecule has 6 heteroatoms. The van der Waals surface area contributed by atoms with Crippen molar-refractivity contribution in [3.8, 4) is 11.1 Å². The van der Waals surface area contributed by atoms with Crippen LogP contribution in [0.2, 0.25) is 0 Å². The predicted octanol–water partition coefficient (Wildman–Crippen LogP) is 3.43. The van der Waals surface area contributed by atoms with E-state index in [0.717, 1.165) is 31.3 Å². The summed E-state index contributed by atoms with van der Waals surface area (Å²) in [5, 5.41) is 0.852. The zero-order chi connectivity index (χ0) is 21.4. The Kier molecular flexibility index (Phi) is 5.12. The van der Waals surface area contributed by atoms with Gasteiger partial charge < -0.3 is 19.8 Å².